The van der Waals surface area contributed by atoms with Crippen molar-refractivity contribution < 1.29 is 4.79 Å². The maximum atomic E-state index is 11.3. The van der Waals surface area contributed by atoms with Crippen LogP contribution in [0.4, 0.5) is 0 Å². The zero-order valence-corrected chi connectivity index (χ0v) is 8.63. The lowest BCUT2D eigenvalue weighted by molar-refractivity contribution is -0.122. The van der Waals surface area contributed by atoms with Gasteiger partial charge in [-0.1, -0.05) is 0 Å². The number of amides is 1. The fourth-order valence-corrected chi connectivity index (χ4v) is 1.78. The van der Waals surface area contributed by atoms with E-state index in [4.69, 9.17) is 0 Å². The molecule has 13 heavy (non-hydrogen) atoms. The molecule has 0 spiro atoms. The van der Waals surface area contributed by atoms with Crippen LogP contribution in [-0.4, -0.2) is 50.6 Å². The zero-order valence-electron chi connectivity index (χ0n) is 8.63. The third-order valence-corrected chi connectivity index (χ3v) is 2.39. The molecule has 2 N–H and O–H groups in total. The number of rotatable bonds is 3. The predicted molar refractivity (Wildman–Crippen MR) is 52.6 cm³/mol. The van der Waals surface area contributed by atoms with Gasteiger partial charge in [0.25, 0.3) is 0 Å². The van der Waals surface area contributed by atoms with E-state index in [2.05, 4.69) is 29.6 Å². The minimum absolute atomic E-state index is 0.0231. The Morgan fingerprint density at radius 1 is 1.54 bits per heavy atom. The van der Waals surface area contributed by atoms with Crippen LogP contribution in [0.25, 0.3) is 0 Å². The van der Waals surface area contributed by atoms with Gasteiger partial charge in [-0.05, 0) is 26.9 Å². The Bertz CT molecular complexity index is 182. The van der Waals surface area contributed by atoms with Crippen LogP contribution in [0, 0.1) is 0 Å². The minimum Gasteiger partial charge on any atom is -0.358 e. The van der Waals surface area contributed by atoms with Gasteiger partial charge in [0.05, 0.1) is 6.04 Å². The molecule has 1 aliphatic heterocycles. The molecule has 0 bridgehead atoms. The maximum Gasteiger partial charge on any atom is 0.236 e. The van der Waals surface area contributed by atoms with Crippen LogP contribution in [-0.2, 0) is 4.79 Å². The third kappa shape index (κ3) is 2.97. The lowest BCUT2D eigenvalue weighted by atomic mass is 10.2. The van der Waals surface area contributed by atoms with E-state index in [1.807, 2.05) is 0 Å². The minimum atomic E-state index is 0.0231. The molecule has 1 fully saturated rings. The van der Waals surface area contributed by atoms with Crippen LogP contribution in [0.3, 0.4) is 0 Å². The van der Waals surface area contributed by atoms with Gasteiger partial charge in [-0.15, -0.1) is 0 Å². The molecular weight excluding hydrogens is 166 g/mol. The van der Waals surface area contributed by atoms with E-state index in [-0.39, 0.29) is 11.9 Å². The van der Waals surface area contributed by atoms with E-state index in [1.165, 1.54) is 0 Å². The van der Waals surface area contributed by atoms with E-state index >= 15 is 0 Å². The highest BCUT2D eigenvalue weighted by atomic mass is 16.2. The van der Waals surface area contributed by atoms with Gasteiger partial charge >= 0.3 is 0 Å². The molecule has 4 nitrogen and oxygen atoms in total. The first-order valence-electron chi connectivity index (χ1n) is 4.76. The molecule has 1 saturated heterocycles. The smallest absolute Gasteiger partial charge is 0.236 e. The van der Waals surface area contributed by atoms with Crippen molar-refractivity contribution in [2.45, 2.75) is 24.9 Å². The van der Waals surface area contributed by atoms with Gasteiger partial charge in [0.1, 0.15) is 0 Å². The number of nitrogens with one attached hydrogen (secondary N) is 2. The van der Waals surface area contributed by atoms with Gasteiger partial charge in [-0.3, -0.25) is 4.79 Å². The number of hydrogen-bond donors (Lipinski definition) is 2. The first kappa shape index (κ1) is 10.5. The highest BCUT2D eigenvalue weighted by Crippen LogP contribution is 2.12. The van der Waals surface area contributed by atoms with E-state index in [0.717, 1.165) is 19.4 Å². The fourth-order valence-electron chi connectivity index (χ4n) is 1.78. The molecular formula is C9H19N3O. The number of hydrogen-bond acceptors (Lipinski definition) is 3. The summed E-state index contributed by atoms with van der Waals surface area (Å²) in [6.07, 6.45) is 2.05. The monoisotopic (exact) mass is 185 g/mol. The molecule has 1 aliphatic rings. The summed E-state index contributed by atoms with van der Waals surface area (Å²) in [6, 6.07) is 0.493. The number of carbonyl (C=O) groups is 1. The van der Waals surface area contributed by atoms with Gasteiger partial charge in [-0.2, -0.15) is 0 Å². The number of nitrogens with zero attached hydrogens (tertiary/aromatic N) is 1. The van der Waals surface area contributed by atoms with E-state index in [0.29, 0.717) is 6.04 Å². The molecule has 0 aromatic rings. The molecule has 0 aromatic carbocycles. The van der Waals surface area contributed by atoms with Gasteiger partial charge in [0.15, 0.2) is 0 Å². The van der Waals surface area contributed by atoms with Gasteiger partial charge in [0, 0.05) is 19.6 Å². The van der Waals surface area contributed by atoms with Crippen molar-refractivity contribution >= 4 is 5.91 Å². The van der Waals surface area contributed by atoms with Crippen LogP contribution in [0.15, 0.2) is 0 Å². The Morgan fingerprint density at radius 2 is 2.23 bits per heavy atom. The lowest BCUT2D eigenvalue weighted by Crippen LogP contribution is -2.44. The van der Waals surface area contributed by atoms with E-state index < -0.39 is 0 Å². The summed E-state index contributed by atoms with van der Waals surface area (Å²) in [4.78, 5) is 13.4. The van der Waals surface area contributed by atoms with Crippen molar-refractivity contribution in [2.75, 3.05) is 27.7 Å². The van der Waals surface area contributed by atoms with Crippen LogP contribution < -0.4 is 10.6 Å². The molecule has 4 heteroatoms. The van der Waals surface area contributed by atoms with Crippen molar-refractivity contribution in [3.8, 4) is 0 Å². The predicted octanol–water partition coefficient (Wildman–Crippen LogP) is -0.585. The molecule has 1 amide bonds. The summed E-state index contributed by atoms with van der Waals surface area (Å²) in [5.74, 6) is 0.112. The van der Waals surface area contributed by atoms with Crippen molar-refractivity contribution in [1.29, 1.82) is 0 Å². The highest BCUT2D eigenvalue weighted by molar-refractivity contribution is 5.81. The Hall–Kier alpha value is -0.610. The molecule has 1 heterocycles. The third-order valence-electron chi connectivity index (χ3n) is 2.39. The van der Waals surface area contributed by atoms with Crippen molar-refractivity contribution in [3.05, 3.63) is 0 Å². The van der Waals surface area contributed by atoms with Crippen LogP contribution >= 0.6 is 0 Å². The molecule has 0 saturated carbocycles. The average Bonchev–Trinajstić information content (AvgIpc) is 2.50. The second kappa shape index (κ2) is 4.58. The zero-order chi connectivity index (χ0) is 9.84. The summed E-state index contributed by atoms with van der Waals surface area (Å²) >= 11 is 0. The molecule has 1 rings (SSSR count). The summed E-state index contributed by atoms with van der Waals surface area (Å²) in [6.45, 7) is 1.01. The molecule has 2 atom stereocenters. The Kier molecular flexibility index (Phi) is 3.69. The molecule has 0 aliphatic carbocycles. The summed E-state index contributed by atoms with van der Waals surface area (Å²) in [7, 11) is 5.78. The van der Waals surface area contributed by atoms with Crippen LogP contribution in [0.2, 0.25) is 0 Å². The summed E-state index contributed by atoms with van der Waals surface area (Å²) < 4.78 is 0. The summed E-state index contributed by atoms with van der Waals surface area (Å²) in [5, 5.41) is 5.98. The van der Waals surface area contributed by atoms with E-state index in [9.17, 15) is 4.79 Å². The summed E-state index contributed by atoms with van der Waals surface area (Å²) in [5.41, 5.74) is 0. The topological polar surface area (TPSA) is 44.4 Å². The SMILES string of the molecule is CNC(=O)C1CCC(CN(C)C)N1. The van der Waals surface area contributed by atoms with Crippen molar-refractivity contribution in [2.24, 2.45) is 0 Å². The first-order chi connectivity index (χ1) is 6.13. The largest absolute Gasteiger partial charge is 0.358 e. The highest BCUT2D eigenvalue weighted by Gasteiger charge is 2.28. The molecule has 2 unspecified atom stereocenters. The van der Waals surface area contributed by atoms with Crippen LogP contribution in [0.1, 0.15) is 12.8 Å². The van der Waals surface area contributed by atoms with Crippen molar-refractivity contribution in [3.63, 3.8) is 0 Å². The Labute approximate surface area is 79.7 Å². The second-order valence-corrected chi connectivity index (χ2v) is 3.87. The maximum absolute atomic E-state index is 11.3. The molecule has 76 valence electrons. The van der Waals surface area contributed by atoms with Gasteiger partial charge in [0.2, 0.25) is 5.91 Å². The molecule has 0 aromatic heterocycles. The van der Waals surface area contributed by atoms with Gasteiger partial charge < -0.3 is 15.5 Å². The van der Waals surface area contributed by atoms with Crippen molar-refractivity contribution in [1.82, 2.24) is 15.5 Å². The second-order valence-electron chi connectivity index (χ2n) is 3.87. The standard InChI is InChI=1S/C9H19N3O/c1-10-9(13)8-5-4-7(11-8)6-12(2)3/h7-8,11H,4-6H2,1-3H3,(H,10,13). The molecule has 0 radical (unpaired) electrons. The number of likely N-dealkylation sites (N-methyl/N-ethyl adjacent to an activating group) is 2. The van der Waals surface area contributed by atoms with E-state index in [1.54, 1.807) is 7.05 Å². The fraction of sp³-hybridized carbons (Fsp3) is 0.889. The average molecular weight is 185 g/mol. The Morgan fingerprint density at radius 3 is 2.77 bits per heavy atom. The first-order valence-corrected chi connectivity index (χ1v) is 4.76. The number of carbonyl (C=O) groups excluding carboxylic acids is 1. The normalized spacial score (nSPS) is 28.0. The lowest BCUT2D eigenvalue weighted by Gasteiger charge is -2.17. The van der Waals surface area contributed by atoms with Crippen LogP contribution in [0.5, 0.6) is 0 Å². The van der Waals surface area contributed by atoms with Gasteiger partial charge in [-0.25, -0.2) is 0 Å². The Balaban J connectivity index is 2.32. The quantitative estimate of drug-likeness (QED) is 0.618.